The molecule has 1 aliphatic carbocycles. The highest BCUT2D eigenvalue weighted by atomic mass is 15.3. The fourth-order valence-electron chi connectivity index (χ4n) is 3.41. The Morgan fingerprint density at radius 1 is 1.26 bits per heavy atom. The summed E-state index contributed by atoms with van der Waals surface area (Å²) in [6, 6.07) is 0.313. The molecule has 2 atom stereocenters. The first-order valence-corrected chi connectivity index (χ1v) is 7.26. The zero-order chi connectivity index (χ0) is 13.2. The largest absolute Gasteiger partial charge is 0.370 e. The summed E-state index contributed by atoms with van der Waals surface area (Å²) in [4.78, 5) is 0. The normalized spacial score (nSPS) is 26.7. The predicted molar refractivity (Wildman–Crippen MR) is 73.0 cm³/mol. The third kappa shape index (κ3) is 2.57. The predicted octanol–water partition coefficient (Wildman–Crippen LogP) is 1.12. The Bertz CT molecular complexity index is 466. The average Bonchev–Trinajstić information content (AvgIpc) is 2.82. The van der Waals surface area contributed by atoms with Crippen molar-refractivity contribution in [2.45, 2.75) is 63.5 Å². The lowest BCUT2D eigenvalue weighted by molar-refractivity contribution is 0.348. The van der Waals surface area contributed by atoms with Crippen LogP contribution in [-0.2, 0) is 13.0 Å². The van der Waals surface area contributed by atoms with E-state index in [1.807, 2.05) is 0 Å². The van der Waals surface area contributed by atoms with E-state index in [0.29, 0.717) is 12.0 Å². The molecule has 2 heterocycles. The van der Waals surface area contributed by atoms with Crippen LogP contribution in [0.2, 0.25) is 0 Å². The summed E-state index contributed by atoms with van der Waals surface area (Å²) in [6.07, 6.45) is 7.98. The van der Waals surface area contributed by atoms with Gasteiger partial charge in [0.2, 0.25) is 0 Å². The van der Waals surface area contributed by atoms with Gasteiger partial charge in [0.25, 0.3) is 0 Å². The van der Waals surface area contributed by atoms with Crippen LogP contribution in [0.5, 0.6) is 0 Å². The van der Waals surface area contributed by atoms with Gasteiger partial charge >= 0.3 is 0 Å². The molecule has 3 rings (SSSR count). The Hall–Kier alpha value is -1.59. The summed E-state index contributed by atoms with van der Waals surface area (Å²) >= 11 is 0. The molecule has 2 aliphatic rings. The first kappa shape index (κ1) is 12.4. The fourth-order valence-corrected chi connectivity index (χ4v) is 3.41. The molecule has 1 aliphatic heterocycles. The Morgan fingerprint density at radius 3 is 3.00 bits per heavy atom. The first-order chi connectivity index (χ1) is 9.24. The van der Waals surface area contributed by atoms with Crippen molar-refractivity contribution < 1.29 is 0 Å². The number of hydrogen-bond acceptors (Lipinski definition) is 3. The van der Waals surface area contributed by atoms with Crippen molar-refractivity contribution in [2.75, 3.05) is 0 Å². The number of guanidine groups is 1. The van der Waals surface area contributed by atoms with Crippen molar-refractivity contribution >= 4 is 5.96 Å². The zero-order valence-electron chi connectivity index (χ0n) is 11.2. The van der Waals surface area contributed by atoms with Crippen molar-refractivity contribution in [3.8, 4) is 0 Å². The number of nitrogens with one attached hydrogen (secondary N) is 2. The van der Waals surface area contributed by atoms with Gasteiger partial charge in [0.05, 0.1) is 0 Å². The molecular weight excluding hydrogens is 240 g/mol. The molecule has 0 saturated heterocycles. The Morgan fingerprint density at radius 2 is 2.16 bits per heavy atom. The van der Waals surface area contributed by atoms with Gasteiger partial charge in [0, 0.05) is 24.9 Å². The molecule has 0 aromatic carbocycles. The number of nitrogens with two attached hydrogens (primary N) is 1. The van der Waals surface area contributed by atoms with Crippen molar-refractivity contribution in [1.29, 1.82) is 5.41 Å². The van der Waals surface area contributed by atoms with E-state index >= 15 is 0 Å². The SMILES string of the molecule is N=C(N)N[C@@H]1CCC[C@H](c2nnc3n2CCCC3)C1. The molecular formula is C13H22N6. The molecule has 1 aromatic heterocycles. The third-order valence-electron chi connectivity index (χ3n) is 4.29. The van der Waals surface area contributed by atoms with E-state index in [0.717, 1.165) is 43.9 Å². The highest BCUT2D eigenvalue weighted by Gasteiger charge is 2.28. The van der Waals surface area contributed by atoms with E-state index in [1.54, 1.807) is 0 Å². The number of aromatic nitrogens is 3. The average molecular weight is 262 g/mol. The second-order valence-corrected chi connectivity index (χ2v) is 5.70. The third-order valence-corrected chi connectivity index (χ3v) is 4.29. The second kappa shape index (κ2) is 5.19. The number of rotatable bonds is 2. The molecule has 0 amide bonds. The summed E-state index contributed by atoms with van der Waals surface area (Å²) < 4.78 is 2.32. The van der Waals surface area contributed by atoms with Gasteiger partial charge in [-0.05, 0) is 32.1 Å². The van der Waals surface area contributed by atoms with Crippen LogP contribution in [0.25, 0.3) is 0 Å². The van der Waals surface area contributed by atoms with Crippen LogP contribution >= 0.6 is 0 Å². The van der Waals surface area contributed by atoms with Gasteiger partial charge in [-0.3, -0.25) is 5.41 Å². The van der Waals surface area contributed by atoms with E-state index in [9.17, 15) is 0 Å². The minimum atomic E-state index is 0.0777. The lowest BCUT2D eigenvalue weighted by Gasteiger charge is -2.30. The molecule has 0 spiro atoms. The lowest BCUT2D eigenvalue weighted by Crippen LogP contribution is -2.41. The van der Waals surface area contributed by atoms with E-state index in [1.165, 1.54) is 19.3 Å². The van der Waals surface area contributed by atoms with Crippen molar-refractivity contribution in [2.24, 2.45) is 5.73 Å². The lowest BCUT2D eigenvalue weighted by atomic mass is 9.85. The van der Waals surface area contributed by atoms with Gasteiger partial charge in [-0.2, -0.15) is 0 Å². The van der Waals surface area contributed by atoms with Crippen LogP contribution in [0.3, 0.4) is 0 Å². The Labute approximate surface area is 113 Å². The summed E-state index contributed by atoms with van der Waals surface area (Å²) in [6.45, 7) is 1.07. The minimum Gasteiger partial charge on any atom is -0.370 e. The van der Waals surface area contributed by atoms with Crippen LogP contribution in [-0.4, -0.2) is 26.8 Å². The minimum absolute atomic E-state index is 0.0777. The Balaban J connectivity index is 1.74. The topological polar surface area (TPSA) is 92.6 Å². The van der Waals surface area contributed by atoms with Gasteiger partial charge in [0.15, 0.2) is 5.96 Å². The van der Waals surface area contributed by atoms with E-state index in [-0.39, 0.29) is 5.96 Å². The van der Waals surface area contributed by atoms with Crippen molar-refractivity contribution in [1.82, 2.24) is 20.1 Å². The molecule has 0 unspecified atom stereocenters. The summed E-state index contributed by atoms with van der Waals surface area (Å²) in [5, 5.41) is 19.2. The molecule has 1 saturated carbocycles. The maximum absolute atomic E-state index is 7.36. The summed E-state index contributed by atoms with van der Waals surface area (Å²) in [5.41, 5.74) is 5.44. The summed E-state index contributed by atoms with van der Waals surface area (Å²) in [5.74, 6) is 2.85. The van der Waals surface area contributed by atoms with Gasteiger partial charge in [-0.15, -0.1) is 10.2 Å². The molecule has 19 heavy (non-hydrogen) atoms. The number of nitrogens with zero attached hydrogens (tertiary/aromatic N) is 3. The molecule has 1 fully saturated rings. The van der Waals surface area contributed by atoms with Gasteiger partial charge in [0.1, 0.15) is 11.6 Å². The van der Waals surface area contributed by atoms with E-state index < -0.39 is 0 Å². The van der Waals surface area contributed by atoms with Gasteiger partial charge in [-0.25, -0.2) is 0 Å². The maximum atomic E-state index is 7.36. The fraction of sp³-hybridized carbons (Fsp3) is 0.769. The number of aryl methyl sites for hydroxylation is 1. The van der Waals surface area contributed by atoms with Crippen molar-refractivity contribution in [3.05, 3.63) is 11.6 Å². The molecule has 6 nitrogen and oxygen atoms in total. The first-order valence-electron chi connectivity index (χ1n) is 7.26. The van der Waals surface area contributed by atoms with Crippen LogP contribution in [0.4, 0.5) is 0 Å². The number of fused-ring (bicyclic) bond motifs is 1. The van der Waals surface area contributed by atoms with E-state index in [4.69, 9.17) is 11.1 Å². The highest BCUT2D eigenvalue weighted by molar-refractivity contribution is 5.74. The van der Waals surface area contributed by atoms with Crippen LogP contribution in [0.15, 0.2) is 0 Å². The van der Waals surface area contributed by atoms with Gasteiger partial charge in [-0.1, -0.05) is 6.42 Å². The quantitative estimate of drug-likeness (QED) is 0.550. The monoisotopic (exact) mass is 262 g/mol. The molecule has 0 radical (unpaired) electrons. The second-order valence-electron chi connectivity index (χ2n) is 5.70. The smallest absolute Gasteiger partial charge is 0.185 e. The zero-order valence-corrected chi connectivity index (χ0v) is 11.2. The molecule has 1 aromatic rings. The molecule has 4 N–H and O–H groups in total. The summed E-state index contributed by atoms with van der Waals surface area (Å²) in [7, 11) is 0. The molecule has 6 heteroatoms. The molecule has 104 valence electrons. The molecule has 0 bridgehead atoms. The standard InChI is InChI=1S/C13H22N6/c14-13(15)16-10-5-3-4-9(8-10)12-18-17-11-6-1-2-7-19(11)12/h9-10H,1-8H2,(H4,14,15,16)/t9-,10+/m0/s1. The van der Waals surface area contributed by atoms with E-state index in [2.05, 4.69) is 20.1 Å². The Kier molecular flexibility index (Phi) is 3.40. The van der Waals surface area contributed by atoms with Crippen LogP contribution < -0.4 is 11.1 Å². The van der Waals surface area contributed by atoms with Gasteiger partial charge < -0.3 is 15.6 Å². The van der Waals surface area contributed by atoms with Crippen LogP contribution in [0, 0.1) is 5.41 Å². The maximum Gasteiger partial charge on any atom is 0.185 e. The highest BCUT2D eigenvalue weighted by Crippen LogP contribution is 2.33. The van der Waals surface area contributed by atoms with Crippen LogP contribution in [0.1, 0.15) is 56.1 Å². The van der Waals surface area contributed by atoms with Crippen molar-refractivity contribution in [3.63, 3.8) is 0 Å². The number of hydrogen-bond donors (Lipinski definition) is 3.